The van der Waals surface area contributed by atoms with Crippen molar-refractivity contribution in [3.8, 4) is 0 Å². The summed E-state index contributed by atoms with van der Waals surface area (Å²) < 4.78 is 30.7. The zero-order valence-electron chi connectivity index (χ0n) is 15.7. The van der Waals surface area contributed by atoms with Crippen LogP contribution >= 0.6 is 11.3 Å². The van der Waals surface area contributed by atoms with Gasteiger partial charge in [-0.3, -0.25) is 18.9 Å². The predicted molar refractivity (Wildman–Crippen MR) is 103 cm³/mol. The summed E-state index contributed by atoms with van der Waals surface area (Å²) >= 11 is 1.25. The fraction of sp³-hybridized carbons (Fsp3) is 0.556. The molecule has 0 bridgehead atoms. The lowest BCUT2D eigenvalue weighted by Crippen LogP contribution is -2.44. The maximum absolute atomic E-state index is 13.3. The predicted octanol–water partition coefficient (Wildman–Crippen LogP) is 1.85. The van der Waals surface area contributed by atoms with Gasteiger partial charge in [0, 0.05) is 30.3 Å². The van der Waals surface area contributed by atoms with Gasteiger partial charge < -0.3 is 0 Å². The van der Waals surface area contributed by atoms with Crippen molar-refractivity contribution in [3.05, 3.63) is 48.1 Å². The van der Waals surface area contributed by atoms with Crippen molar-refractivity contribution in [3.63, 3.8) is 0 Å². The second-order valence-corrected chi connectivity index (χ2v) is 9.10. The SMILES string of the molecule is Cc1c(Cn2nc[nH]c2=O)sc2c1c(=O)n(C1CC1)c(=O)n2CC1CC(F)(F)C1. The van der Waals surface area contributed by atoms with Crippen LogP contribution in [0.5, 0.6) is 0 Å². The Morgan fingerprint density at radius 2 is 2.00 bits per heavy atom. The lowest BCUT2D eigenvalue weighted by molar-refractivity contribution is -0.114. The molecule has 3 heterocycles. The molecule has 3 aromatic heterocycles. The number of aromatic amines is 1. The Balaban J connectivity index is 1.66. The van der Waals surface area contributed by atoms with E-state index in [2.05, 4.69) is 10.1 Å². The van der Waals surface area contributed by atoms with Crippen molar-refractivity contribution < 1.29 is 8.78 Å². The van der Waals surface area contributed by atoms with Crippen molar-refractivity contribution in [2.24, 2.45) is 5.92 Å². The standard InChI is InChI=1S/C18H19F2N5O3S/c1-9-12(7-24-16(27)21-8-22-24)29-15-13(9)14(26)25(11-2-3-11)17(28)23(15)6-10-4-18(19,20)5-10/h8,10-11H,2-7H2,1H3,(H,21,22,27). The van der Waals surface area contributed by atoms with Crippen LogP contribution in [0.25, 0.3) is 10.2 Å². The average Bonchev–Trinajstić information content (AvgIpc) is 3.29. The van der Waals surface area contributed by atoms with Gasteiger partial charge in [0.05, 0.1) is 11.9 Å². The van der Waals surface area contributed by atoms with Crippen LogP contribution in [-0.2, 0) is 13.1 Å². The van der Waals surface area contributed by atoms with E-state index in [1.165, 1.54) is 31.5 Å². The number of aromatic nitrogens is 5. The van der Waals surface area contributed by atoms with E-state index in [0.717, 1.165) is 17.7 Å². The first-order valence-corrected chi connectivity index (χ1v) is 10.3. The fourth-order valence-electron chi connectivity index (χ4n) is 4.08. The second-order valence-electron chi connectivity index (χ2n) is 8.01. The van der Waals surface area contributed by atoms with Gasteiger partial charge in [-0.1, -0.05) is 0 Å². The molecular formula is C18H19F2N5O3S. The molecular weight excluding hydrogens is 404 g/mol. The van der Waals surface area contributed by atoms with E-state index in [0.29, 0.717) is 15.8 Å². The van der Waals surface area contributed by atoms with Crippen molar-refractivity contribution in [1.29, 1.82) is 0 Å². The molecule has 3 aromatic rings. The Morgan fingerprint density at radius 1 is 1.28 bits per heavy atom. The third-order valence-corrected chi connectivity index (χ3v) is 7.08. The molecule has 0 aromatic carbocycles. The number of nitrogens with one attached hydrogen (secondary N) is 1. The van der Waals surface area contributed by atoms with Gasteiger partial charge in [-0.25, -0.2) is 23.1 Å². The molecule has 2 fully saturated rings. The fourth-order valence-corrected chi connectivity index (χ4v) is 5.36. The molecule has 0 aliphatic heterocycles. The van der Waals surface area contributed by atoms with Gasteiger partial charge in [-0.05, 0) is 31.2 Å². The van der Waals surface area contributed by atoms with Gasteiger partial charge in [0.25, 0.3) is 5.56 Å². The molecule has 2 aliphatic rings. The molecule has 154 valence electrons. The Morgan fingerprint density at radius 3 is 2.59 bits per heavy atom. The highest BCUT2D eigenvalue weighted by Gasteiger charge is 2.45. The van der Waals surface area contributed by atoms with Crippen molar-refractivity contribution in [2.45, 2.75) is 57.7 Å². The summed E-state index contributed by atoms with van der Waals surface area (Å²) in [6, 6.07) is -0.120. The van der Waals surface area contributed by atoms with E-state index in [-0.39, 0.29) is 49.1 Å². The molecule has 0 radical (unpaired) electrons. The molecule has 11 heteroatoms. The minimum Gasteiger partial charge on any atom is -0.295 e. The molecule has 5 rings (SSSR count). The molecule has 2 aliphatic carbocycles. The van der Waals surface area contributed by atoms with Crippen LogP contribution in [0, 0.1) is 12.8 Å². The third kappa shape index (κ3) is 2.98. The quantitative estimate of drug-likeness (QED) is 0.678. The van der Waals surface area contributed by atoms with Gasteiger partial charge >= 0.3 is 11.4 Å². The molecule has 0 spiro atoms. The van der Waals surface area contributed by atoms with Gasteiger partial charge in [-0.2, -0.15) is 5.10 Å². The number of aryl methyl sites for hydroxylation is 1. The lowest BCUT2D eigenvalue weighted by Gasteiger charge is -2.35. The van der Waals surface area contributed by atoms with Crippen LogP contribution in [0.2, 0.25) is 0 Å². The highest BCUT2D eigenvalue weighted by Crippen LogP contribution is 2.43. The maximum atomic E-state index is 13.3. The largest absolute Gasteiger partial charge is 0.343 e. The molecule has 2 saturated carbocycles. The molecule has 0 unspecified atom stereocenters. The maximum Gasteiger partial charge on any atom is 0.343 e. The van der Waals surface area contributed by atoms with Gasteiger partial charge in [-0.15, -0.1) is 11.3 Å². The zero-order chi connectivity index (χ0) is 20.5. The molecule has 1 N–H and O–H groups in total. The van der Waals surface area contributed by atoms with E-state index in [4.69, 9.17) is 0 Å². The Labute approximate surface area is 166 Å². The smallest absolute Gasteiger partial charge is 0.295 e. The van der Waals surface area contributed by atoms with Crippen molar-refractivity contribution >= 4 is 21.6 Å². The molecule has 0 saturated heterocycles. The van der Waals surface area contributed by atoms with Crippen LogP contribution in [0.15, 0.2) is 20.7 Å². The summed E-state index contributed by atoms with van der Waals surface area (Å²) in [5.74, 6) is -2.97. The van der Waals surface area contributed by atoms with Crippen LogP contribution in [0.1, 0.15) is 42.2 Å². The number of thiophene rings is 1. The number of H-pyrrole nitrogens is 1. The molecule has 8 nitrogen and oxygen atoms in total. The van der Waals surface area contributed by atoms with Gasteiger partial charge in [0.2, 0.25) is 5.92 Å². The van der Waals surface area contributed by atoms with Gasteiger partial charge in [0.1, 0.15) is 11.2 Å². The summed E-state index contributed by atoms with van der Waals surface area (Å²) in [4.78, 5) is 41.7. The number of halogens is 2. The second kappa shape index (κ2) is 6.22. The molecule has 0 amide bonds. The number of rotatable bonds is 5. The van der Waals surface area contributed by atoms with Crippen molar-refractivity contribution in [1.82, 2.24) is 23.9 Å². The van der Waals surface area contributed by atoms with E-state index in [1.54, 1.807) is 6.92 Å². The van der Waals surface area contributed by atoms with Gasteiger partial charge in [0.15, 0.2) is 0 Å². The molecule has 0 atom stereocenters. The number of hydrogen-bond donors (Lipinski definition) is 1. The number of nitrogens with zero attached hydrogens (tertiary/aromatic N) is 4. The first-order valence-electron chi connectivity index (χ1n) is 9.51. The Bertz CT molecular complexity index is 1290. The van der Waals surface area contributed by atoms with E-state index >= 15 is 0 Å². The van der Waals surface area contributed by atoms with Crippen LogP contribution in [0.4, 0.5) is 8.78 Å². The summed E-state index contributed by atoms with van der Waals surface area (Å²) in [6.07, 6.45) is 2.33. The zero-order valence-corrected chi connectivity index (χ0v) is 16.5. The number of alkyl halides is 2. The topological polar surface area (TPSA) is 94.7 Å². The van der Waals surface area contributed by atoms with Crippen LogP contribution < -0.4 is 16.9 Å². The summed E-state index contributed by atoms with van der Waals surface area (Å²) in [6.45, 7) is 2.13. The third-order valence-electron chi connectivity index (χ3n) is 5.78. The van der Waals surface area contributed by atoms with Crippen molar-refractivity contribution in [2.75, 3.05) is 0 Å². The first-order chi connectivity index (χ1) is 13.7. The summed E-state index contributed by atoms with van der Waals surface area (Å²) in [5, 5.41) is 4.38. The number of hydrogen-bond acceptors (Lipinski definition) is 5. The Kier molecular flexibility index (Phi) is 3.96. The monoisotopic (exact) mass is 423 g/mol. The average molecular weight is 423 g/mol. The summed E-state index contributed by atoms with van der Waals surface area (Å²) in [7, 11) is 0. The number of fused-ring (bicyclic) bond motifs is 1. The van der Waals surface area contributed by atoms with E-state index in [1.807, 2.05) is 0 Å². The normalized spacial score (nSPS) is 19.0. The first kappa shape index (κ1) is 18.5. The highest BCUT2D eigenvalue weighted by atomic mass is 32.1. The van der Waals surface area contributed by atoms with E-state index < -0.39 is 11.6 Å². The Hall–Kier alpha value is -2.56. The minimum atomic E-state index is -2.67. The minimum absolute atomic E-state index is 0.120. The van der Waals surface area contributed by atoms with Crippen LogP contribution in [0.3, 0.4) is 0 Å². The van der Waals surface area contributed by atoms with Crippen LogP contribution in [-0.4, -0.2) is 29.8 Å². The highest BCUT2D eigenvalue weighted by molar-refractivity contribution is 7.18. The molecule has 29 heavy (non-hydrogen) atoms. The van der Waals surface area contributed by atoms with E-state index in [9.17, 15) is 23.2 Å². The summed E-state index contributed by atoms with van der Waals surface area (Å²) in [5.41, 5.74) is -0.430. The lowest BCUT2D eigenvalue weighted by atomic mass is 9.81.